The van der Waals surface area contributed by atoms with E-state index in [-0.39, 0.29) is 19.6 Å². The lowest BCUT2D eigenvalue weighted by Gasteiger charge is -2.08. The molecule has 0 spiro atoms. The summed E-state index contributed by atoms with van der Waals surface area (Å²) in [4.78, 5) is 11.5. The number of hydrogen-bond acceptors (Lipinski definition) is 5. The van der Waals surface area contributed by atoms with E-state index in [1.54, 1.807) is 31.4 Å². The zero-order valence-corrected chi connectivity index (χ0v) is 9.63. The fourth-order valence-electron chi connectivity index (χ4n) is 1.19. The van der Waals surface area contributed by atoms with Crippen molar-refractivity contribution < 1.29 is 24.5 Å². The second-order valence-electron chi connectivity index (χ2n) is 3.49. The van der Waals surface area contributed by atoms with E-state index in [2.05, 4.69) is 0 Å². The summed E-state index contributed by atoms with van der Waals surface area (Å²) in [6.45, 7) is -0.257. The van der Waals surface area contributed by atoms with Gasteiger partial charge in [0, 0.05) is 6.42 Å². The summed E-state index contributed by atoms with van der Waals surface area (Å²) >= 11 is 0. The van der Waals surface area contributed by atoms with E-state index in [1.165, 1.54) is 0 Å². The van der Waals surface area contributed by atoms with E-state index in [4.69, 9.17) is 19.7 Å². The number of benzene rings is 1. The average Bonchev–Trinajstić information content (AvgIpc) is 2.38. The molecule has 0 saturated heterocycles. The number of aliphatic hydroxyl groups excluding tert-OH is 2. The molecule has 0 bridgehead atoms. The summed E-state index contributed by atoms with van der Waals surface area (Å²) in [6.07, 6.45) is -0.628. The van der Waals surface area contributed by atoms with Gasteiger partial charge in [-0.1, -0.05) is 0 Å². The Morgan fingerprint density at radius 1 is 1.35 bits per heavy atom. The Labute approximate surface area is 99.6 Å². The normalized spacial score (nSPS) is 11.9. The quantitative estimate of drug-likeness (QED) is 0.712. The van der Waals surface area contributed by atoms with Gasteiger partial charge in [-0.3, -0.25) is 0 Å². The summed E-state index contributed by atoms with van der Waals surface area (Å²) in [6, 6.07) is 6.53. The number of ether oxygens (including phenoxy) is 2. The highest BCUT2D eigenvalue weighted by Gasteiger charge is 2.08. The van der Waals surface area contributed by atoms with E-state index >= 15 is 0 Å². The molecule has 0 heterocycles. The summed E-state index contributed by atoms with van der Waals surface area (Å²) in [5.41, 5.74) is 0.421. The maximum Gasteiger partial charge on any atom is 0.338 e. The molecular weight excluding hydrogens is 224 g/mol. The Hall–Kier alpha value is -1.59. The van der Waals surface area contributed by atoms with Gasteiger partial charge < -0.3 is 19.7 Å². The monoisotopic (exact) mass is 240 g/mol. The second-order valence-corrected chi connectivity index (χ2v) is 3.49. The first-order valence-corrected chi connectivity index (χ1v) is 5.27. The lowest BCUT2D eigenvalue weighted by Crippen LogP contribution is -2.16. The molecule has 0 aromatic heterocycles. The third kappa shape index (κ3) is 4.42. The van der Waals surface area contributed by atoms with Crippen molar-refractivity contribution >= 4 is 5.97 Å². The van der Waals surface area contributed by atoms with Crippen LogP contribution in [0.2, 0.25) is 0 Å². The third-order valence-electron chi connectivity index (χ3n) is 2.22. The van der Waals surface area contributed by atoms with Gasteiger partial charge in [-0.2, -0.15) is 0 Å². The Kier molecular flexibility index (Phi) is 5.45. The van der Waals surface area contributed by atoms with Crippen LogP contribution >= 0.6 is 0 Å². The van der Waals surface area contributed by atoms with Crippen LogP contribution < -0.4 is 4.74 Å². The number of esters is 1. The molecule has 1 rings (SSSR count). The molecular formula is C12H16O5. The summed E-state index contributed by atoms with van der Waals surface area (Å²) < 4.78 is 9.89. The highest BCUT2D eigenvalue weighted by Crippen LogP contribution is 2.12. The molecule has 17 heavy (non-hydrogen) atoms. The van der Waals surface area contributed by atoms with Crippen LogP contribution in [0.15, 0.2) is 24.3 Å². The van der Waals surface area contributed by atoms with Gasteiger partial charge in [-0.05, 0) is 24.3 Å². The molecule has 1 aromatic rings. The van der Waals surface area contributed by atoms with Crippen molar-refractivity contribution in [2.24, 2.45) is 0 Å². The van der Waals surface area contributed by atoms with Crippen LogP contribution in [0.5, 0.6) is 5.75 Å². The minimum Gasteiger partial charge on any atom is -0.497 e. The lowest BCUT2D eigenvalue weighted by atomic mass is 10.2. The van der Waals surface area contributed by atoms with Gasteiger partial charge in [0.1, 0.15) is 5.75 Å². The van der Waals surface area contributed by atoms with E-state index in [1.807, 2.05) is 0 Å². The van der Waals surface area contributed by atoms with Crippen molar-refractivity contribution in [2.45, 2.75) is 12.5 Å². The molecule has 1 unspecified atom stereocenters. The van der Waals surface area contributed by atoms with Crippen LogP contribution in [0, 0.1) is 0 Å². The van der Waals surface area contributed by atoms with Crippen LogP contribution in [0.25, 0.3) is 0 Å². The SMILES string of the molecule is COc1ccc(C(=O)OCCC(O)CO)cc1. The van der Waals surface area contributed by atoms with Crippen LogP contribution in [0.4, 0.5) is 0 Å². The van der Waals surface area contributed by atoms with Gasteiger partial charge in [0.05, 0.1) is 32.0 Å². The Balaban J connectivity index is 2.41. The predicted molar refractivity (Wildman–Crippen MR) is 61.0 cm³/mol. The van der Waals surface area contributed by atoms with Crippen molar-refractivity contribution in [1.29, 1.82) is 0 Å². The minimum atomic E-state index is -0.848. The van der Waals surface area contributed by atoms with E-state index in [0.29, 0.717) is 11.3 Å². The molecule has 0 saturated carbocycles. The molecule has 0 radical (unpaired) electrons. The average molecular weight is 240 g/mol. The van der Waals surface area contributed by atoms with Crippen molar-refractivity contribution in [2.75, 3.05) is 20.3 Å². The molecule has 5 heteroatoms. The fraction of sp³-hybridized carbons (Fsp3) is 0.417. The van der Waals surface area contributed by atoms with Crippen molar-refractivity contribution in [3.8, 4) is 5.75 Å². The molecule has 0 aliphatic heterocycles. The predicted octanol–water partition coefficient (Wildman–Crippen LogP) is 0.595. The number of rotatable bonds is 6. The van der Waals surface area contributed by atoms with Crippen molar-refractivity contribution in [3.05, 3.63) is 29.8 Å². The molecule has 2 N–H and O–H groups in total. The zero-order chi connectivity index (χ0) is 12.7. The van der Waals surface area contributed by atoms with Gasteiger partial charge in [0.15, 0.2) is 0 Å². The summed E-state index contributed by atoms with van der Waals surface area (Å²) in [5.74, 6) is 0.204. The summed E-state index contributed by atoms with van der Waals surface area (Å²) in [5, 5.41) is 17.6. The second kappa shape index (κ2) is 6.88. The third-order valence-corrected chi connectivity index (χ3v) is 2.22. The molecule has 94 valence electrons. The van der Waals surface area contributed by atoms with Crippen molar-refractivity contribution in [1.82, 2.24) is 0 Å². The highest BCUT2D eigenvalue weighted by molar-refractivity contribution is 5.89. The highest BCUT2D eigenvalue weighted by atomic mass is 16.5. The molecule has 0 fully saturated rings. The largest absolute Gasteiger partial charge is 0.497 e. The number of methoxy groups -OCH3 is 1. The minimum absolute atomic E-state index is 0.0760. The van der Waals surface area contributed by atoms with Gasteiger partial charge in [-0.15, -0.1) is 0 Å². The van der Waals surface area contributed by atoms with Gasteiger partial charge in [0.2, 0.25) is 0 Å². The number of aliphatic hydroxyl groups is 2. The topological polar surface area (TPSA) is 76.0 Å². The van der Waals surface area contributed by atoms with Crippen LogP contribution in [0.1, 0.15) is 16.8 Å². The summed E-state index contributed by atoms with van der Waals surface area (Å²) in [7, 11) is 1.55. The number of hydrogen-bond donors (Lipinski definition) is 2. The molecule has 1 atom stereocenters. The van der Waals surface area contributed by atoms with Gasteiger partial charge in [-0.25, -0.2) is 4.79 Å². The Morgan fingerprint density at radius 3 is 2.53 bits per heavy atom. The molecule has 0 amide bonds. The van der Waals surface area contributed by atoms with Crippen LogP contribution in [0.3, 0.4) is 0 Å². The molecule has 1 aromatic carbocycles. The first-order valence-electron chi connectivity index (χ1n) is 5.27. The Bertz CT molecular complexity index is 346. The Morgan fingerprint density at radius 2 is 2.00 bits per heavy atom. The molecule has 0 aliphatic carbocycles. The van der Waals surface area contributed by atoms with Gasteiger partial charge >= 0.3 is 5.97 Å². The van der Waals surface area contributed by atoms with Crippen LogP contribution in [-0.4, -0.2) is 42.6 Å². The number of carbonyl (C=O) groups is 1. The maximum absolute atomic E-state index is 11.5. The van der Waals surface area contributed by atoms with E-state index < -0.39 is 12.1 Å². The molecule has 5 nitrogen and oxygen atoms in total. The maximum atomic E-state index is 11.5. The fourth-order valence-corrected chi connectivity index (χ4v) is 1.19. The van der Waals surface area contributed by atoms with E-state index in [9.17, 15) is 4.79 Å². The first kappa shape index (κ1) is 13.5. The standard InChI is InChI=1S/C12H16O5/c1-16-11-4-2-9(3-5-11)12(15)17-7-6-10(14)8-13/h2-5,10,13-14H,6-8H2,1H3. The van der Waals surface area contributed by atoms with Crippen molar-refractivity contribution in [3.63, 3.8) is 0 Å². The number of carbonyl (C=O) groups excluding carboxylic acids is 1. The zero-order valence-electron chi connectivity index (χ0n) is 9.63. The van der Waals surface area contributed by atoms with Gasteiger partial charge in [0.25, 0.3) is 0 Å². The lowest BCUT2D eigenvalue weighted by molar-refractivity contribution is 0.0347. The van der Waals surface area contributed by atoms with Crippen LogP contribution in [-0.2, 0) is 4.74 Å². The first-order chi connectivity index (χ1) is 8.17. The molecule has 0 aliphatic rings. The smallest absolute Gasteiger partial charge is 0.338 e. The van der Waals surface area contributed by atoms with E-state index in [0.717, 1.165) is 0 Å².